The highest BCUT2D eigenvalue weighted by atomic mass is 16.7. The van der Waals surface area contributed by atoms with Gasteiger partial charge in [-0.15, -0.1) is 0 Å². The Labute approximate surface area is 145 Å². The van der Waals surface area contributed by atoms with Crippen molar-refractivity contribution in [2.45, 2.75) is 19.8 Å². The van der Waals surface area contributed by atoms with Crippen LogP contribution in [0.4, 0.5) is 4.79 Å². The van der Waals surface area contributed by atoms with E-state index in [-0.39, 0.29) is 5.75 Å². The number of hydrogen-bond donors (Lipinski definition) is 0. The lowest BCUT2D eigenvalue weighted by molar-refractivity contribution is 0.0734. The molecule has 2 rings (SSSR count). The molecule has 2 aromatic rings. The molecule has 6 heteroatoms. The molecular formula is C19H17NO5. The van der Waals surface area contributed by atoms with Crippen LogP contribution >= 0.6 is 0 Å². The molecular weight excluding hydrogens is 322 g/mol. The van der Waals surface area contributed by atoms with Crippen molar-refractivity contribution in [1.82, 2.24) is 0 Å². The summed E-state index contributed by atoms with van der Waals surface area (Å²) in [5.74, 6) is 0.0574. The minimum atomic E-state index is -0.777. The van der Waals surface area contributed by atoms with Crippen LogP contribution in [0.5, 0.6) is 11.5 Å². The molecule has 6 nitrogen and oxygen atoms in total. The predicted molar refractivity (Wildman–Crippen MR) is 89.4 cm³/mol. The summed E-state index contributed by atoms with van der Waals surface area (Å²) in [6, 6.07) is 14.1. The molecule has 2 aromatic carbocycles. The maximum Gasteiger partial charge on any atom is 0.513 e. The molecule has 0 atom stereocenters. The van der Waals surface area contributed by atoms with Crippen molar-refractivity contribution in [3.63, 3.8) is 0 Å². The zero-order valence-corrected chi connectivity index (χ0v) is 13.7. The average molecular weight is 339 g/mol. The van der Waals surface area contributed by atoms with Crippen molar-refractivity contribution in [2.75, 3.05) is 6.61 Å². The Bertz CT molecular complexity index is 760. The molecule has 0 bridgehead atoms. The third-order valence-corrected chi connectivity index (χ3v) is 3.20. The Kier molecular flexibility index (Phi) is 6.55. The Hall–Kier alpha value is -3.33. The Balaban J connectivity index is 1.91. The van der Waals surface area contributed by atoms with Crippen LogP contribution in [-0.4, -0.2) is 18.7 Å². The van der Waals surface area contributed by atoms with Gasteiger partial charge in [0.2, 0.25) is 0 Å². The third kappa shape index (κ3) is 5.66. The van der Waals surface area contributed by atoms with E-state index in [0.29, 0.717) is 23.5 Å². The Morgan fingerprint density at radius 3 is 2.16 bits per heavy atom. The molecule has 0 saturated heterocycles. The van der Waals surface area contributed by atoms with Crippen LogP contribution in [0.3, 0.4) is 0 Å². The molecule has 0 spiro atoms. The number of unbranched alkanes of at least 4 members (excludes halogenated alkanes) is 1. The zero-order chi connectivity index (χ0) is 18.1. The van der Waals surface area contributed by atoms with E-state index < -0.39 is 12.1 Å². The van der Waals surface area contributed by atoms with Gasteiger partial charge in [-0.25, -0.2) is 9.59 Å². The van der Waals surface area contributed by atoms with Gasteiger partial charge in [-0.3, -0.25) is 0 Å². The van der Waals surface area contributed by atoms with Crippen LogP contribution in [0.25, 0.3) is 0 Å². The Morgan fingerprint density at radius 1 is 0.960 bits per heavy atom. The van der Waals surface area contributed by atoms with E-state index in [1.165, 1.54) is 24.3 Å². The Morgan fingerprint density at radius 2 is 1.56 bits per heavy atom. The van der Waals surface area contributed by atoms with Gasteiger partial charge in [0, 0.05) is 0 Å². The first kappa shape index (κ1) is 18.0. The van der Waals surface area contributed by atoms with Crippen LogP contribution in [0.2, 0.25) is 0 Å². The minimum Gasteiger partial charge on any atom is -0.434 e. The maximum atomic E-state index is 12.1. The molecule has 0 amide bonds. The first-order valence-corrected chi connectivity index (χ1v) is 7.79. The molecule has 0 N–H and O–H groups in total. The van der Waals surface area contributed by atoms with Gasteiger partial charge in [-0.2, -0.15) is 5.26 Å². The van der Waals surface area contributed by atoms with Crippen molar-refractivity contribution in [3.8, 4) is 17.6 Å². The first-order chi connectivity index (χ1) is 12.1. The summed E-state index contributed by atoms with van der Waals surface area (Å²) in [6.07, 6.45) is 0.916. The lowest BCUT2D eigenvalue weighted by Gasteiger charge is -2.07. The molecule has 0 aromatic heterocycles. The van der Waals surface area contributed by atoms with Crippen LogP contribution in [0, 0.1) is 11.3 Å². The minimum absolute atomic E-state index is 0.274. The van der Waals surface area contributed by atoms with Gasteiger partial charge in [0.1, 0.15) is 11.5 Å². The van der Waals surface area contributed by atoms with Crippen molar-refractivity contribution < 1.29 is 23.8 Å². The number of hydrogen-bond acceptors (Lipinski definition) is 6. The summed E-state index contributed by atoms with van der Waals surface area (Å²) in [6.45, 7) is 2.30. The lowest BCUT2D eigenvalue weighted by atomic mass is 10.2. The van der Waals surface area contributed by atoms with Crippen molar-refractivity contribution in [2.24, 2.45) is 0 Å². The fourth-order valence-electron chi connectivity index (χ4n) is 1.85. The smallest absolute Gasteiger partial charge is 0.434 e. The second kappa shape index (κ2) is 9.08. The number of carbonyl (C=O) groups is 2. The average Bonchev–Trinajstić information content (AvgIpc) is 2.63. The standard InChI is InChI=1S/C19H17NO5/c1-2-3-12-23-19(22)25-17-10-6-15(7-11-17)18(21)24-16-8-4-14(13-20)5-9-16/h4-11H,2-3,12H2,1H3. The topological polar surface area (TPSA) is 85.6 Å². The van der Waals surface area contributed by atoms with Gasteiger partial charge in [-0.1, -0.05) is 13.3 Å². The van der Waals surface area contributed by atoms with E-state index >= 15 is 0 Å². The molecule has 0 saturated carbocycles. The third-order valence-electron chi connectivity index (χ3n) is 3.20. The van der Waals surface area contributed by atoms with Crippen molar-refractivity contribution in [1.29, 1.82) is 5.26 Å². The SMILES string of the molecule is CCCCOC(=O)Oc1ccc(C(=O)Oc2ccc(C#N)cc2)cc1. The first-order valence-electron chi connectivity index (χ1n) is 7.79. The van der Waals surface area contributed by atoms with Crippen LogP contribution in [0.15, 0.2) is 48.5 Å². The second-order valence-corrected chi connectivity index (χ2v) is 5.10. The predicted octanol–water partition coefficient (Wildman–Crippen LogP) is 4.09. The monoisotopic (exact) mass is 339 g/mol. The van der Waals surface area contributed by atoms with Crippen molar-refractivity contribution >= 4 is 12.1 Å². The van der Waals surface area contributed by atoms with Crippen LogP contribution in [0.1, 0.15) is 35.7 Å². The molecule has 0 aliphatic carbocycles. The van der Waals surface area contributed by atoms with Gasteiger partial charge < -0.3 is 14.2 Å². The largest absolute Gasteiger partial charge is 0.513 e. The van der Waals surface area contributed by atoms with E-state index in [0.717, 1.165) is 12.8 Å². The summed E-state index contributed by atoms with van der Waals surface area (Å²) in [5.41, 5.74) is 0.781. The van der Waals surface area contributed by atoms with Crippen LogP contribution in [-0.2, 0) is 4.74 Å². The number of esters is 1. The number of carbonyl (C=O) groups excluding carboxylic acids is 2. The lowest BCUT2D eigenvalue weighted by Crippen LogP contribution is -2.12. The van der Waals surface area contributed by atoms with Gasteiger partial charge >= 0.3 is 12.1 Å². The van der Waals surface area contributed by atoms with Crippen molar-refractivity contribution in [3.05, 3.63) is 59.7 Å². The zero-order valence-electron chi connectivity index (χ0n) is 13.7. The van der Waals surface area contributed by atoms with Gasteiger partial charge in [0.15, 0.2) is 0 Å². The van der Waals surface area contributed by atoms with E-state index in [1.54, 1.807) is 24.3 Å². The molecule has 0 aliphatic heterocycles. The number of nitriles is 1. The highest BCUT2D eigenvalue weighted by Gasteiger charge is 2.11. The summed E-state index contributed by atoms with van der Waals surface area (Å²) in [5, 5.41) is 8.73. The van der Waals surface area contributed by atoms with E-state index in [2.05, 4.69) is 0 Å². The number of benzene rings is 2. The number of ether oxygens (including phenoxy) is 3. The summed E-state index contributed by atoms with van der Waals surface area (Å²) < 4.78 is 15.1. The quantitative estimate of drug-likeness (QED) is 0.341. The maximum absolute atomic E-state index is 12.1. The highest BCUT2D eigenvalue weighted by molar-refractivity contribution is 5.91. The second-order valence-electron chi connectivity index (χ2n) is 5.10. The van der Waals surface area contributed by atoms with Gasteiger partial charge in [0.25, 0.3) is 0 Å². The van der Waals surface area contributed by atoms with E-state index in [1.807, 2.05) is 13.0 Å². The highest BCUT2D eigenvalue weighted by Crippen LogP contribution is 2.17. The summed E-state index contributed by atoms with van der Waals surface area (Å²) in [4.78, 5) is 23.5. The van der Waals surface area contributed by atoms with Crippen LogP contribution < -0.4 is 9.47 Å². The molecule has 0 heterocycles. The molecule has 0 unspecified atom stereocenters. The summed E-state index contributed by atoms with van der Waals surface area (Å²) in [7, 11) is 0. The number of rotatable bonds is 6. The van der Waals surface area contributed by atoms with Gasteiger partial charge in [-0.05, 0) is 55.0 Å². The van der Waals surface area contributed by atoms with Gasteiger partial charge in [0.05, 0.1) is 23.8 Å². The van der Waals surface area contributed by atoms with E-state index in [4.69, 9.17) is 19.5 Å². The molecule has 128 valence electrons. The number of nitrogens with zero attached hydrogens (tertiary/aromatic N) is 1. The normalized spacial score (nSPS) is 9.76. The molecule has 0 aliphatic rings. The molecule has 25 heavy (non-hydrogen) atoms. The molecule has 0 radical (unpaired) electrons. The molecule has 0 fully saturated rings. The fourth-order valence-corrected chi connectivity index (χ4v) is 1.85. The summed E-state index contributed by atoms with van der Waals surface area (Å²) >= 11 is 0. The van der Waals surface area contributed by atoms with E-state index in [9.17, 15) is 9.59 Å². The fraction of sp³-hybridized carbons (Fsp3) is 0.211.